The van der Waals surface area contributed by atoms with Crippen molar-refractivity contribution in [3.05, 3.63) is 53.1 Å². The molecule has 0 saturated carbocycles. The van der Waals surface area contributed by atoms with Crippen LogP contribution in [0.15, 0.2) is 35.9 Å². The Morgan fingerprint density at radius 3 is 1.76 bits per heavy atom. The van der Waals surface area contributed by atoms with Gasteiger partial charge >= 0.3 is 24.8 Å². The maximum absolute atomic E-state index is 9.36. The Kier molecular flexibility index (Phi) is 15.2. The second kappa shape index (κ2) is 12.9. The second-order valence-corrected chi connectivity index (χ2v) is 7.75. The van der Waals surface area contributed by atoms with Gasteiger partial charge in [-0.2, -0.15) is 6.08 Å². The number of hydrogen-bond acceptors (Lipinski definition) is 1. The number of benzene rings is 1. The minimum atomic E-state index is 0. The minimum absolute atomic E-state index is 0. The van der Waals surface area contributed by atoms with Gasteiger partial charge in [0.25, 0.3) is 0 Å². The van der Waals surface area contributed by atoms with Gasteiger partial charge in [0.1, 0.15) is 5.75 Å². The molecule has 1 aromatic carbocycles. The number of phenolic OH excluding ortho intramolecular Hbond substituents is 1. The zero-order valence-corrected chi connectivity index (χ0v) is 19.6. The van der Waals surface area contributed by atoms with Crippen LogP contribution >= 0.6 is 0 Å². The molecule has 0 atom stereocenters. The Morgan fingerprint density at radius 2 is 1.48 bits per heavy atom. The molecule has 1 aliphatic carbocycles. The summed E-state index contributed by atoms with van der Waals surface area (Å²) < 4.78 is 0. The fraction of sp³-hybridized carbons (Fsp3) is 0.476. The van der Waals surface area contributed by atoms with Crippen molar-refractivity contribution in [1.82, 2.24) is 0 Å². The predicted octanol–water partition coefficient (Wildman–Crippen LogP) is -0.307. The molecule has 0 unspecified atom stereocenters. The van der Waals surface area contributed by atoms with Crippen LogP contribution in [0.4, 0.5) is 0 Å². The van der Waals surface area contributed by atoms with Crippen molar-refractivity contribution in [3.8, 4) is 5.75 Å². The maximum Gasteiger partial charge on any atom is -1.00 e. The summed E-state index contributed by atoms with van der Waals surface area (Å²) in [5, 5.41) is 9.36. The van der Waals surface area contributed by atoms with E-state index >= 15 is 0 Å². The molecule has 0 aromatic heterocycles. The maximum atomic E-state index is 9.36. The Hall–Kier alpha value is -0.336. The Bertz CT molecular complexity index is 544. The summed E-state index contributed by atoms with van der Waals surface area (Å²) in [6.07, 6.45) is 8.63. The quantitative estimate of drug-likeness (QED) is 0.453. The van der Waals surface area contributed by atoms with E-state index in [0.29, 0.717) is 11.2 Å². The van der Waals surface area contributed by atoms with Crippen molar-refractivity contribution in [2.45, 2.75) is 60.3 Å². The normalized spacial score (nSPS) is 12.4. The van der Waals surface area contributed by atoms with Crippen LogP contribution in [-0.4, -0.2) is 9.92 Å². The monoisotopic (exact) mass is 417 g/mol. The zero-order chi connectivity index (χ0) is 18.3. The Balaban J connectivity index is -0.000000336. The Morgan fingerprint density at radius 1 is 0.960 bits per heavy atom. The van der Waals surface area contributed by atoms with Crippen LogP contribution in [0, 0.1) is 18.4 Å². The molecule has 0 bridgehead atoms. The van der Waals surface area contributed by atoms with Gasteiger partial charge in [-0.15, -0.1) is 6.42 Å². The zero-order valence-electron chi connectivity index (χ0n) is 16.5. The summed E-state index contributed by atoms with van der Waals surface area (Å²) in [6, 6.07) is 5.71. The van der Waals surface area contributed by atoms with Crippen molar-refractivity contribution in [2.75, 3.05) is 0 Å². The van der Waals surface area contributed by atoms with Gasteiger partial charge in [0.2, 0.25) is 0 Å². The molecular weight excluding hydrogens is 387 g/mol. The first kappa shape index (κ1) is 29.4. The number of halogens is 2. The number of rotatable bonds is 0. The molecule has 0 saturated heterocycles. The van der Waals surface area contributed by atoms with E-state index in [1.54, 1.807) is 26.0 Å². The van der Waals surface area contributed by atoms with Crippen LogP contribution in [0.25, 0.3) is 0 Å². The van der Waals surface area contributed by atoms with Crippen molar-refractivity contribution in [1.29, 1.82) is 0 Å². The van der Waals surface area contributed by atoms with Crippen LogP contribution in [0.3, 0.4) is 0 Å². The standard InChI is InChI=1S/C11H16O.C9H13.CH2.2ClH.Ti/c1-8-5-9(11(2,3)4)7-10(12)6-8;1-9(2,3)8-6-4-5-7-8;;;;/h5-7,12H,1-4H3;4,6H,5H2,1-3H3;1H2;2*1H;/q;-1;;;;+1/p-2. The molecule has 2 rings (SSSR count). The van der Waals surface area contributed by atoms with Crippen LogP contribution < -0.4 is 24.8 Å². The third kappa shape index (κ3) is 11.8. The summed E-state index contributed by atoms with van der Waals surface area (Å²) >= 11 is 1.75. The number of phenols is 1. The molecule has 0 amide bonds. The van der Waals surface area contributed by atoms with E-state index in [9.17, 15) is 5.11 Å². The van der Waals surface area contributed by atoms with E-state index in [1.807, 2.05) is 13.0 Å². The molecule has 1 aromatic rings. The van der Waals surface area contributed by atoms with Gasteiger partial charge in [0, 0.05) is 0 Å². The molecule has 1 N–H and O–H groups in total. The molecule has 0 fully saturated rings. The van der Waals surface area contributed by atoms with E-state index in [2.05, 4.69) is 70.7 Å². The van der Waals surface area contributed by atoms with Gasteiger partial charge in [-0.25, -0.2) is 11.6 Å². The van der Waals surface area contributed by atoms with E-state index in [-0.39, 0.29) is 30.2 Å². The largest absolute Gasteiger partial charge is 1.00 e. The van der Waals surface area contributed by atoms with E-state index in [4.69, 9.17) is 0 Å². The second-order valence-electron chi connectivity index (χ2n) is 7.75. The first-order valence-electron chi connectivity index (χ1n) is 7.94. The van der Waals surface area contributed by atoms with Crippen LogP contribution in [0.1, 0.15) is 59.1 Å². The fourth-order valence-electron chi connectivity index (χ4n) is 2.12. The van der Waals surface area contributed by atoms with E-state index in [0.717, 1.165) is 12.0 Å². The molecule has 1 aliphatic rings. The van der Waals surface area contributed by atoms with E-state index < -0.39 is 0 Å². The average molecular weight is 418 g/mol. The third-order valence-electron chi connectivity index (χ3n) is 3.43. The van der Waals surface area contributed by atoms with E-state index in [1.165, 1.54) is 11.1 Å². The molecule has 0 spiro atoms. The van der Waals surface area contributed by atoms with Crippen molar-refractivity contribution >= 4 is 4.82 Å². The molecule has 4 heteroatoms. The first-order chi connectivity index (χ1) is 10.5. The molecular formula is C21H31Cl2OTi-2. The van der Waals surface area contributed by atoms with Crippen LogP contribution in [-0.2, 0) is 25.4 Å². The van der Waals surface area contributed by atoms with Gasteiger partial charge in [0.05, 0.1) is 0 Å². The number of aryl methyl sites for hydroxylation is 1. The summed E-state index contributed by atoms with van der Waals surface area (Å²) in [7, 11) is 0. The molecule has 1 nitrogen and oxygen atoms in total. The van der Waals surface area contributed by atoms with Gasteiger partial charge in [-0.3, -0.25) is 6.08 Å². The molecule has 0 aliphatic heterocycles. The fourth-order valence-corrected chi connectivity index (χ4v) is 2.12. The summed E-state index contributed by atoms with van der Waals surface area (Å²) in [6.45, 7) is 15.1. The molecule has 0 heterocycles. The Labute approximate surface area is 178 Å². The van der Waals surface area contributed by atoms with Gasteiger partial charge < -0.3 is 29.9 Å². The third-order valence-corrected chi connectivity index (χ3v) is 3.43. The molecule has 0 radical (unpaired) electrons. The summed E-state index contributed by atoms with van der Waals surface area (Å²) in [5.74, 6) is 0.361. The summed E-state index contributed by atoms with van der Waals surface area (Å²) in [4.78, 5) is 3.25. The SMILES string of the molecule is CC(C)(C)C1=[C-]CC=C1.Cc1cc(O)cc(C(C)(C)C)c1.[CH2]=[Ti+].[Cl-].[Cl-]. The van der Waals surface area contributed by atoms with Gasteiger partial charge in [0.15, 0.2) is 0 Å². The number of allylic oxidation sites excluding steroid dienone is 4. The number of aromatic hydroxyl groups is 1. The molecule has 25 heavy (non-hydrogen) atoms. The van der Waals surface area contributed by atoms with Gasteiger partial charge in [-0.1, -0.05) is 47.6 Å². The van der Waals surface area contributed by atoms with Crippen molar-refractivity contribution in [2.24, 2.45) is 5.41 Å². The average Bonchev–Trinajstić information content (AvgIpc) is 2.93. The van der Waals surface area contributed by atoms with Gasteiger partial charge in [-0.05, 0) is 41.0 Å². The number of hydrogen-bond donors (Lipinski definition) is 1. The molecule has 141 valence electrons. The van der Waals surface area contributed by atoms with Crippen LogP contribution in [0.5, 0.6) is 5.75 Å². The first-order valence-corrected chi connectivity index (χ1v) is 9.05. The van der Waals surface area contributed by atoms with Crippen molar-refractivity contribution < 1.29 is 49.9 Å². The van der Waals surface area contributed by atoms with Crippen molar-refractivity contribution in [3.63, 3.8) is 0 Å². The predicted molar refractivity (Wildman–Crippen MR) is 98.6 cm³/mol. The summed E-state index contributed by atoms with van der Waals surface area (Å²) in [5.41, 5.74) is 4.05. The minimum Gasteiger partial charge on any atom is -1.00 e. The van der Waals surface area contributed by atoms with Crippen LogP contribution in [0.2, 0.25) is 0 Å². The smallest absolute Gasteiger partial charge is 1.00 e. The topological polar surface area (TPSA) is 20.2 Å².